The minimum atomic E-state index is 0.462. The molecule has 0 spiro atoms. The molecule has 4 nitrogen and oxygen atoms in total. The normalized spacial score (nSPS) is 26.4. The Balaban J connectivity index is 1.49. The van der Waals surface area contributed by atoms with Gasteiger partial charge in [-0.2, -0.15) is 0 Å². The van der Waals surface area contributed by atoms with Crippen molar-refractivity contribution in [3.63, 3.8) is 0 Å². The predicted molar refractivity (Wildman–Crippen MR) is 78.8 cm³/mol. The van der Waals surface area contributed by atoms with Crippen LogP contribution in [0.5, 0.6) is 5.75 Å². The molecule has 1 aliphatic heterocycles. The van der Waals surface area contributed by atoms with Crippen molar-refractivity contribution in [3.05, 3.63) is 29.8 Å². The van der Waals surface area contributed by atoms with Crippen LogP contribution >= 0.6 is 0 Å². The van der Waals surface area contributed by atoms with Crippen molar-refractivity contribution in [2.45, 2.75) is 38.0 Å². The van der Waals surface area contributed by atoms with Gasteiger partial charge in [0.1, 0.15) is 12.4 Å². The fourth-order valence-corrected chi connectivity index (χ4v) is 3.33. The number of hydrogen-bond acceptors (Lipinski definition) is 4. The molecule has 0 aromatic heterocycles. The van der Waals surface area contributed by atoms with Gasteiger partial charge in [-0.15, -0.1) is 0 Å². The average Bonchev–Trinajstić information content (AvgIpc) is 2.97. The van der Waals surface area contributed by atoms with Gasteiger partial charge in [-0.05, 0) is 37.0 Å². The summed E-state index contributed by atoms with van der Waals surface area (Å²) in [5.74, 6) is 0.921. The first-order valence-corrected chi connectivity index (χ1v) is 7.64. The van der Waals surface area contributed by atoms with E-state index in [9.17, 15) is 0 Å². The summed E-state index contributed by atoms with van der Waals surface area (Å²) in [7, 11) is 0. The maximum Gasteiger partial charge on any atom is 0.119 e. The van der Waals surface area contributed by atoms with Gasteiger partial charge >= 0.3 is 0 Å². The van der Waals surface area contributed by atoms with E-state index in [0.29, 0.717) is 18.7 Å². The van der Waals surface area contributed by atoms with Crippen LogP contribution in [0.25, 0.3) is 0 Å². The van der Waals surface area contributed by atoms with Crippen LogP contribution in [0.1, 0.15) is 24.8 Å². The Bertz CT molecular complexity index is 438. The minimum Gasteiger partial charge on any atom is -0.492 e. The molecule has 1 aromatic rings. The summed E-state index contributed by atoms with van der Waals surface area (Å²) in [6.45, 7) is 4.18. The molecule has 2 unspecified atom stereocenters. The Hall–Kier alpha value is -1.10. The number of nitrogens with zero attached hydrogens (tertiary/aromatic N) is 1. The van der Waals surface area contributed by atoms with E-state index in [4.69, 9.17) is 15.2 Å². The van der Waals surface area contributed by atoms with Crippen molar-refractivity contribution in [2.24, 2.45) is 5.73 Å². The van der Waals surface area contributed by atoms with Gasteiger partial charge in [0, 0.05) is 25.7 Å². The Morgan fingerprint density at radius 3 is 3.20 bits per heavy atom. The zero-order valence-corrected chi connectivity index (χ0v) is 12.0. The van der Waals surface area contributed by atoms with Crippen molar-refractivity contribution < 1.29 is 9.47 Å². The molecular formula is C16H24N2O2. The number of morpholine rings is 1. The average molecular weight is 276 g/mol. The number of nitrogens with two attached hydrogens (primary N) is 1. The first-order chi connectivity index (χ1) is 9.86. The predicted octanol–water partition coefficient (Wildman–Crippen LogP) is 1.78. The number of rotatable bonds is 5. The van der Waals surface area contributed by atoms with Crippen LogP contribution in [-0.2, 0) is 11.3 Å². The van der Waals surface area contributed by atoms with Gasteiger partial charge in [-0.1, -0.05) is 12.1 Å². The van der Waals surface area contributed by atoms with Gasteiger partial charge in [0.05, 0.1) is 12.7 Å². The van der Waals surface area contributed by atoms with Crippen LogP contribution in [0.2, 0.25) is 0 Å². The maximum atomic E-state index is 5.86. The van der Waals surface area contributed by atoms with Gasteiger partial charge < -0.3 is 15.2 Å². The summed E-state index contributed by atoms with van der Waals surface area (Å²) >= 11 is 0. The fourth-order valence-electron chi connectivity index (χ4n) is 3.33. The Morgan fingerprint density at radius 1 is 1.35 bits per heavy atom. The fraction of sp³-hybridized carbons (Fsp3) is 0.625. The van der Waals surface area contributed by atoms with Crippen molar-refractivity contribution in [2.75, 3.05) is 26.3 Å². The summed E-state index contributed by atoms with van der Waals surface area (Å²) < 4.78 is 11.7. The molecule has 2 aliphatic rings. The first-order valence-electron chi connectivity index (χ1n) is 7.64. The molecule has 1 saturated carbocycles. The zero-order chi connectivity index (χ0) is 13.8. The summed E-state index contributed by atoms with van der Waals surface area (Å²) in [6.07, 6.45) is 4.25. The Morgan fingerprint density at radius 2 is 2.30 bits per heavy atom. The summed E-state index contributed by atoms with van der Waals surface area (Å²) in [5, 5.41) is 0. The Kier molecular flexibility index (Phi) is 4.55. The van der Waals surface area contributed by atoms with E-state index >= 15 is 0 Å². The number of benzene rings is 1. The molecule has 1 aliphatic carbocycles. The van der Waals surface area contributed by atoms with Crippen molar-refractivity contribution in [3.8, 4) is 5.75 Å². The van der Waals surface area contributed by atoms with Gasteiger partial charge in [-0.3, -0.25) is 4.90 Å². The summed E-state index contributed by atoms with van der Waals surface area (Å²) in [5.41, 5.74) is 6.76. The lowest BCUT2D eigenvalue weighted by molar-refractivity contribution is -0.0583. The monoisotopic (exact) mass is 276 g/mol. The van der Waals surface area contributed by atoms with E-state index in [1.165, 1.54) is 19.3 Å². The lowest BCUT2D eigenvalue weighted by Crippen LogP contribution is -2.49. The lowest BCUT2D eigenvalue weighted by Gasteiger charge is -2.37. The Labute approximate surface area is 120 Å². The summed E-state index contributed by atoms with van der Waals surface area (Å²) in [4.78, 5) is 2.54. The molecule has 0 radical (unpaired) electrons. The third kappa shape index (κ3) is 3.14. The van der Waals surface area contributed by atoms with Gasteiger partial charge in [0.2, 0.25) is 0 Å². The van der Waals surface area contributed by atoms with Crippen LogP contribution in [0.3, 0.4) is 0 Å². The van der Waals surface area contributed by atoms with Gasteiger partial charge in [0.15, 0.2) is 0 Å². The van der Waals surface area contributed by atoms with E-state index in [1.54, 1.807) is 0 Å². The molecule has 0 bridgehead atoms. The molecule has 4 heteroatoms. The lowest BCUT2D eigenvalue weighted by atomic mass is 10.1. The topological polar surface area (TPSA) is 47.7 Å². The summed E-state index contributed by atoms with van der Waals surface area (Å²) in [6, 6.07) is 8.66. The number of hydrogen-bond donors (Lipinski definition) is 1. The molecule has 2 fully saturated rings. The highest BCUT2D eigenvalue weighted by Crippen LogP contribution is 2.29. The van der Waals surface area contributed by atoms with Gasteiger partial charge in [-0.25, -0.2) is 0 Å². The van der Waals surface area contributed by atoms with E-state index in [-0.39, 0.29) is 0 Å². The molecular weight excluding hydrogens is 252 g/mol. The van der Waals surface area contributed by atoms with Crippen molar-refractivity contribution in [1.29, 1.82) is 0 Å². The standard InChI is InChI=1S/C16H24N2O2/c17-12-13-3-1-4-14(11-13)19-9-7-18-8-10-20-16-6-2-5-15(16)18/h1,3-4,11,15-16H,2,5-10,12,17H2. The molecule has 2 N–H and O–H groups in total. The SMILES string of the molecule is NCc1cccc(OCCN2CCOC3CCCC32)c1. The third-order valence-corrected chi connectivity index (χ3v) is 4.38. The molecule has 1 heterocycles. The molecule has 1 saturated heterocycles. The third-order valence-electron chi connectivity index (χ3n) is 4.38. The number of fused-ring (bicyclic) bond motifs is 1. The first kappa shape index (κ1) is 13.9. The molecule has 110 valence electrons. The molecule has 3 rings (SSSR count). The van der Waals surface area contributed by atoms with Gasteiger partial charge in [0.25, 0.3) is 0 Å². The quantitative estimate of drug-likeness (QED) is 0.890. The molecule has 1 aromatic carbocycles. The van der Waals surface area contributed by atoms with Crippen LogP contribution in [0.4, 0.5) is 0 Å². The van der Waals surface area contributed by atoms with E-state index in [0.717, 1.165) is 37.6 Å². The largest absolute Gasteiger partial charge is 0.492 e. The highest BCUT2D eigenvalue weighted by Gasteiger charge is 2.35. The highest BCUT2D eigenvalue weighted by atomic mass is 16.5. The maximum absolute atomic E-state index is 5.86. The van der Waals surface area contributed by atoms with E-state index in [2.05, 4.69) is 4.90 Å². The van der Waals surface area contributed by atoms with Crippen molar-refractivity contribution >= 4 is 0 Å². The zero-order valence-electron chi connectivity index (χ0n) is 12.0. The van der Waals surface area contributed by atoms with Crippen LogP contribution in [-0.4, -0.2) is 43.3 Å². The second-order valence-electron chi connectivity index (χ2n) is 5.64. The van der Waals surface area contributed by atoms with E-state index in [1.807, 2.05) is 24.3 Å². The van der Waals surface area contributed by atoms with Crippen LogP contribution < -0.4 is 10.5 Å². The second kappa shape index (κ2) is 6.57. The number of ether oxygens (including phenoxy) is 2. The van der Waals surface area contributed by atoms with Crippen molar-refractivity contribution in [1.82, 2.24) is 4.90 Å². The molecule has 20 heavy (non-hydrogen) atoms. The molecule has 2 atom stereocenters. The van der Waals surface area contributed by atoms with Crippen LogP contribution in [0, 0.1) is 0 Å². The van der Waals surface area contributed by atoms with E-state index < -0.39 is 0 Å². The minimum absolute atomic E-state index is 0.462. The smallest absolute Gasteiger partial charge is 0.119 e. The van der Waals surface area contributed by atoms with Crippen LogP contribution in [0.15, 0.2) is 24.3 Å². The highest BCUT2D eigenvalue weighted by molar-refractivity contribution is 5.28. The second-order valence-corrected chi connectivity index (χ2v) is 5.64. The molecule has 0 amide bonds.